The first kappa shape index (κ1) is 18.2. The molecule has 1 spiro atoms. The fourth-order valence-corrected chi connectivity index (χ4v) is 6.92. The zero-order valence-corrected chi connectivity index (χ0v) is 16.4. The molecule has 1 aromatic carbocycles. The predicted octanol–water partition coefficient (Wildman–Crippen LogP) is 1.83. The fraction of sp³-hybridized carbons (Fsp3) is 0.444. The second kappa shape index (κ2) is 6.35. The highest BCUT2D eigenvalue weighted by molar-refractivity contribution is 7.90. The highest BCUT2D eigenvalue weighted by Crippen LogP contribution is 2.47. The average molecular weight is 425 g/mol. The Hall–Kier alpha value is -1.81. The van der Waals surface area contributed by atoms with Crippen molar-refractivity contribution in [2.45, 2.75) is 29.9 Å². The minimum absolute atomic E-state index is 0.208. The smallest absolute Gasteiger partial charge is 0.225 e. The fourth-order valence-electron chi connectivity index (χ4n) is 4.50. The van der Waals surface area contributed by atoms with Crippen molar-refractivity contribution >= 4 is 27.6 Å². The molecule has 28 heavy (non-hydrogen) atoms. The van der Waals surface area contributed by atoms with E-state index in [0.29, 0.717) is 30.5 Å². The lowest BCUT2D eigenvalue weighted by atomic mass is 9.99. The maximum atomic E-state index is 13.2. The van der Waals surface area contributed by atoms with Gasteiger partial charge in [-0.1, -0.05) is 23.7 Å². The van der Waals surface area contributed by atoms with E-state index in [9.17, 15) is 12.8 Å². The van der Waals surface area contributed by atoms with Crippen molar-refractivity contribution in [1.82, 2.24) is 14.3 Å². The molecule has 3 atom stereocenters. The summed E-state index contributed by atoms with van der Waals surface area (Å²) in [5.74, 6) is -0.114. The van der Waals surface area contributed by atoms with Crippen molar-refractivity contribution in [3.8, 4) is 0 Å². The molecule has 0 radical (unpaired) electrons. The van der Waals surface area contributed by atoms with E-state index >= 15 is 0 Å². The molecule has 1 aromatic heterocycles. The van der Waals surface area contributed by atoms with Gasteiger partial charge in [-0.25, -0.2) is 22.8 Å². The molecule has 0 amide bonds. The lowest BCUT2D eigenvalue weighted by Crippen LogP contribution is -2.55. The Balaban J connectivity index is 1.42. The number of rotatable bonds is 3. The third-order valence-corrected chi connectivity index (χ3v) is 8.24. The van der Waals surface area contributed by atoms with Crippen LogP contribution in [-0.4, -0.2) is 59.3 Å². The molecule has 148 valence electrons. The average Bonchev–Trinajstić information content (AvgIpc) is 3.03. The lowest BCUT2D eigenvalue weighted by Gasteiger charge is -2.39. The van der Waals surface area contributed by atoms with E-state index in [2.05, 4.69) is 9.97 Å². The summed E-state index contributed by atoms with van der Waals surface area (Å²) in [4.78, 5) is 10.00. The topological polar surface area (TPSA) is 75.6 Å². The quantitative estimate of drug-likeness (QED) is 0.748. The standard InChI is InChI=1S/C18H18ClFN4O3S/c19-13-3-1-12(2-4-13)8-24-11-18-10-23(17-21-6-14(20)7-22-17)9-15(27-18)5-16(18)28(24,25)26/h1-4,6-7,15-16H,5,8-11H2/t15-,16+,18+/m0/s1. The van der Waals surface area contributed by atoms with Gasteiger partial charge in [-0.05, 0) is 24.1 Å². The zero-order valence-electron chi connectivity index (χ0n) is 14.8. The maximum absolute atomic E-state index is 13.2. The molecular weight excluding hydrogens is 407 g/mol. The number of benzene rings is 1. The summed E-state index contributed by atoms with van der Waals surface area (Å²) in [6.07, 6.45) is 2.47. The van der Waals surface area contributed by atoms with Gasteiger partial charge < -0.3 is 9.64 Å². The number of aromatic nitrogens is 2. The molecule has 3 aliphatic rings. The summed E-state index contributed by atoms with van der Waals surface area (Å²) < 4.78 is 47.2. The number of hydrogen-bond donors (Lipinski definition) is 0. The number of halogens is 2. The zero-order chi connectivity index (χ0) is 19.5. The molecule has 0 saturated carbocycles. The van der Waals surface area contributed by atoms with Crippen LogP contribution in [0.25, 0.3) is 0 Å². The molecule has 0 N–H and O–H groups in total. The van der Waals surface area contributed by atoms with Crippen LogP contribution in [0, 0.1) is 5.82 Å². The lowest BCUT2D eigenvalue weighted by molar-refractivity contribution is -0.0535. The molecule has 7 nitrogen and oxygen atoms in total. The van der Waals surface area contributed by atoms with Gasteiger partial charge in [0.25, 0.3) is 0 Å². The highest BCUT2D eigenvalue weighted by Gasteiger charge is 2.65. The number of ether oxygens (including phenoxy) is 1. The van der Waals surface area contributed by atoms with Crippen molar-refractivity contribution in [3.05, 3.63) is 53.1 Å². The first-order valence-electron chi connectivity index (χ1n) is 8.99. The van der Waals surface area contributed by atoms with Crippen LogP contribution in [0.4, 0.5) is 10.3 Å². The van der Waals surface area contributed by atoms with E-state index in [4.69, 9.17) is 16.3 Å². The normalized spacial score (nSPS) is 31.1. The van der Waals surface area contributed by atoms with Gasteiger partial charge in [0.1, 0.15) is 10.9 Å². The molecule has 2 aromatic rings. The van der Waals surface area contributed by atoms with Gasteiger partial charge in [-0.15, -0.1) is 0 Å². The van der Waals surface area contributed by atoms with Gasteiger partial charge >= 0.3 is 0 Å². The van der Waals surface area contributed by atoms with Crippen LogP contribution < -0.4 is 4.90 Å². The Morgan fingerprint density at radius 2 is 1.93 bits per heavy atom. The largest absolute Gasteiger partial charge is 0.365 e. The second-order valence-electron chi connectivity index (χ2n) is 7.55. The van der Waals surface area contributed by atoms with Crippen molar-refractivity contribution in [2.24, 2.45) is 0 Å². The molecular formula is C18H18ClFN4O3S. The van der Waals surface area contributed by atoms with E-state index in [0.717, 1.165) is 18.0 Å². The molecule has 2 bridgehead atoms. The third kappa shape index (κ3) is 2.88. The van der Waals surface area contributed by atoms with Gasteiger partial charge in [0, 0.05) is 24.7 Å². The van der Waals surface area contributed by atoms with E-state index < -0.39 is 26.7 Å². The summed E-state index contributed by atoms with van der Waals surface area (Å²) in [6.45, 7) is 1.41. The van der Waals surface area contributed by atoms with Gasteiger partial charge in [-0.2, -0.15) is 4.31 Å². The Morgan fingerprint density at radius 1 is 1.21 bits per heavy atom. The van der Waals surface area contributed by atoms with E-state index in [-0.39, 0.29) is 19.2 Å². The molecule has 3 fully saturated rings. The molecule has 3 aliphatic heterocycles. The van der Waals surface area contributed by atoms with Crippen LogP contribution in [0.15, 0.2) is 36.7 Å². The molecule has 4 heterocycles. The van der Waals surface area contributed by atoms with Gasteiger partial charge in [0.05, 0.1) is 25.0 Å². The number of sulfonamides is 1. The third-order valence-electron chi connectivity index (χ3n) is 5.67. The van der Waals surface area contributed by atoms with E-state index in [1.807, 2.05) is 17.0 Å². The summed E-state index contributed by atoms with van der Waals surface area (Å²) in [6, 6.07) is 7.15. The first-order chi connectivity index (χ1) is 13.4. The summed E-state index contributed by atoms with van der Waals surface area (Å²) in [5.41, 5.74) is 0.0433. The van der Waals surface area contributed by atoms with Gasteiger partial charge in [-0.3, -0.25) is 0 Å². The van der Waals surface area contributed by atoms with Gasteiger partial charge in [0.2, 0.25) is 16.0 Å². The first-order valence-corrected chi connectivity index (χ1v) is 10.9. The Labute approximate surface area is 167 Å². The summed E-state index contributed by atoms with van der Waals surface area (Å²) in [7, 11) is -3.50. The van der Waals surface area contributed by atoms with Crippen LogP contribution in [0.5, 0.6) is 0 Å². The van der Waals surface area contributed by atoms with Crippen LogP contribution >= 0.6 is 11.6 Å². The Kier molecular flexibility index (Phi) is 4.13. The van der Waals surface area contributed by atoms with Gasteiger partial charge in [0.15, 0.2) is 5.82 Å². The number of nitrogens with zero attached hydrogens (tertiary/aromatic N) is 4. The number of fused-ring (bicyclic) bond motifs is 1. The monoisotopic (exact) mass is 424 g/mol. The van der Waals surface area contributed by atoms with Crippen molar-refractivity contribution in [2.75, 3.05) is 24.5 Å². The predicted molar refractivity (Wildman–Crippen MR) is 101 cm³/mol. The minimum atomic E-state index is -3.50. The van der Waals surface area contributed by atoms with Crippen molar-refractivity contribution < 1.29 is 17.5 Å². The summed E-state index contributed by atoms with van der Waals surface area (Å²) in [5, 5.41) is 0.0136. The number of morpholine rings is 1. The van der Waals surface area contributed by atoms with Crippen molar-refractivity contribution in [1.29, 1.82) is 0 Å². The van der Waals surface area contributed by atoms with E-state index in [1.165, 1.54) is 4.31 Å². The number of hydrogen-bond acceptors (Lipinski definition) is 6. The molecule has 5 rings (SSSR count). The van der Waals surface area contributed by atoms with Crippen LogP contribution in [-0.2, 0) is 21.3 Å². The second-order valence-corrected chi connectivity index (χ2v) is 10.1. The minimum Gasteiger partial charge on any atom is -0.365 e. The highest BCUT2D eigenvalue weighted by atomic mass is 35.5. The molecule has 0 aliphatic carbocycles. The Morgan fingerprint density at radius 3 is 2.64 bits per heavy atom. The SMILES string of the molecule is O=S1(=O)[C@@H]2C[C@H]3CN(c4ncc(F)cn4)C[C@]2(CN1Cc1ccc(Cl)cc1)O3. The van der Waals surface area contributed by atoms with Crippen molar-refractivity contribution in [3.63, 3.8) is 0 Å². The van der Waals surface area contributed by atoms with Crippen LogP contribution in [0.2, 0.25) is 5.02 Å². The Bertz CT molecular complexity index is 1000. The maximum Gasteiger partial charge on any atom is 0.225 e. The molecule has 10 heteroatoms. The molecule has 0 unspecified atom stereocenters. The number of anilines is 1. The van der Waals surface area contributed by atoms with E-state index in [1.54, 1.807) is 12.1 Å². The molecule has 3 saturated heterocycles. The van der Waals surface area contributed by atoms with Crippen LogP contribution in [0.3, 0.4) is 0 Å². The van der Waals surface area contributed by atoms with Crippen LogP contribution in [0.1, 0.15) is 12.0 Å². The summed E-state index contributed by atoms with van der Waals surface area (Å²) >= 11 is 5.92.